The van der Waals surface area contributed by atoms with Crippen LogP contribution in [0.1, 0.15) is 56.7 Å². The number of benzene rings is 2. The Kier molecular flexibility index (Phi) is 10.8. The van der Waals surface area contributed by atoms with E-state index in [4.69, 9.17) is 9.84 Å². The summed E-state index contributed by atoms with van der Waals surface area (Å²) in [7, 11) is 0. The Bertz CT molecular complexity index is 743. The van der Waals surface area contributed by atoms with Gasteiger partial charge in [-0.3, -0.25) is 0 Å². The molecule has 0 radical (unpaired) electrons. The number of aryl methyl sites for hydroxylation is 1. The Morgan fingerprint density at radius 2 is 1.56 bits per heavy atom. The third kappa shape index (κ3) is 7.80. The molecule has 0 spiro atoms. The Labute approximate surface area is 161 Å². The van der Waals surface area contributed by atoms with Gasteiger partial charge in [0.15, 0.2) is 11.6 Å². The van der Waals surface area contributed by atoms with Gasteiger partial charge in [-0.2, -0.15) is 4.39 Å². The summed E-state index contributed by atoms with van der Waals surface area (Å²) in [6.07, 6.45) is 4.66. The van der Waals surface area contributed by atoms with Crippen LogP contribution in [0.2, 0.25) is 0 Å². The van der Waals surface area contributed by atoms with Crippen LogP contribution in [-0.2, 0) is 6.42 Å². The van der Waals surface area contributed by atoms with Crippen molar-refractivity contribution in [3.05, 3.63) is 64.7 Å². The molecule has 0 aromatic heterocycles. The van der Waals surface area contributed by atoms with Crippen LogP contribution in [0.5, 0.6) is 5.75 Å². The maximum atomic E-state index is 14.0. The molecular weight excluding hydrogens is 346 g/mol. The van der Waals surface area contributed by atoms with Crippen LogP contribution in [0.4, 0.5) is 8.78 Å². The van der Waals surface area contributed by atoms with Crippen LogP contribution in [0.3, 0.4) is 0 Å². The molecule has 2 rings (SSSR count). The number of halogens is 2. The Morgan fingerprint density at radius 1 is 0.889 bits per heavy atom. The van der Waals surface area contributed by atoms with E-state index in [9.17, 15) is 8.78 Å². The molecule has 146 valence electrons. The Balaban J connectivity index is 0.00000114. The Morgan fingerprint density at radius 3 is 2.15 bits per heavy atom. The minimum absolute atomic E-state index is 0.0305. The maximum absolute atomic E-state index is 14.0. The largest absolute Gasteiger partial charge is 0.491 e. The van der Waals surface area contributed by atoms with E-state index in [1.807, 2.05) is 24.3 Å². The summed E-state index contributed by atoms with van der Waals surface area (Å²) in [4.78, 5) is 0. The number of ether oxygens (including phenoxy) is 1. The summed E-state index contributed by atoms with van der Waals surface area (Å²) in [5, 5.41) is 7.57. The lowest BCUT2D eigenvalue weighted by molar-refractivity contribution is 0.314. The average molecular weight is 374 g/mol. The van der Waals surface area contributed by atoms with Crippen molar-refractivity contribution < 1.29 is 18.6 Å². The highest BCUT2D eigenvalue weighted by Gasteiger charge is 2.12. The van der Waals surface area contributed by atoms with E-state index in [1.54, 1.807) is 13.8 Å². The highest BCUT2D eigenvalue weighted by atomic mass is 19.2. The van der Waals surface area contributed by atoms with Crippen molar-refractivity contribution in [2.45, 2.75) is 46.5 Å². The molecule has 0 amide bonds. The fourth-order valence-electron chi connectivity index (χ4n) is 2.37. The van der Waals surface area contributed by atoms with Crippen molar-refractivity contribution in [2.75, 3.05) is 13.2 Å². The SMILES string of the molecule is CCCCCc1ccc(C#Cc2ccc(OCC)c(F)c2F)cc1.CCO. The smallest absolute Gasteiger partial charge is 0.201 e. The van der Waals surface area contributed by atoms with Crippen molar-refractivity contribution in [3.63, 3.8) is 0 Å². The summed E-state index contributed by atoms with van der Waals surface area (Å²) in [5.74, 6) is 3.52. The minimum Gasteiger partial charge on any atom is -0.491 e. The van der Waals surface area contributed by atoms with Gasteiger partial charge in [0.2, 0.25) is 5.82 Å². The summed E-state index contributed by atoms with van der Waals surface area (Å²) < 4.78 is 32.8. The standard InChI is InChI=1S/C21H22F2O.C2H6O/c1-3-5-6-7-16-8-10-17(11-9-16)12-13-18-14-15-19(24-4-2)21(23)20(18)22;1-2-3/h8-11,14-15H,3-7H2,1-2H3;3H,2H2,1H3. The number of unbranched alkanes of at least 4 members (excludes halogenated alkanes) is 2. The van der Waals surface area contributed by atoms with Gasteiger partial charge < -0.3 is 9.84 Å². The van der Waals surface area contributed by atoms with E-state index in [0.29, 0.717) is 0 Å². The number of hydrogen-bond donors (Lipinski definition) is 1. The first-order chi connectivity index (χ1) is 13.1. The van der Waals surface area contributed by atoms with Gasteiger partial charge in [0.25, 0.3) is 0 Å². The zero-order valence-corrected chi connectivity index (χ0v) is 16.3. The van der Waals surface area contributed by atoms with Crippen molar-refractivity contribution in [1.82, 2.24) is 0 Å². The summed E-state index contributed by atoms with van der Waals surface area (Å²) in [6.45, 7) is 6.12. The lowest BCUT2D eigenvalue weighted by atomic mass is 10.1. The van der Waals surface area contributed by atoms with Crippen LogP contribution < -0.4 is 4.74 Å². The topological polar surface area (TPSA) is 29.5 Å². The maximum Gasteiger partial charge on any atom is 0.201 e. The third-order valence-corrected chi connectivity index (χ3v) is 3.71. The van der Waals surface area contributed by atoms with Crippen LogP contribution in [-0.4, -0.2) is 18.3 Å². The second-order valence-corrected chi connectivity index (χ2v) is 5.89. The minimum atomic E-state index is -0.991. The quantitative estimate of drug-likeness (QED) is 0.535. The normalized spacial score (nSPS) is 9.70. The van der Waals surface area contributed by atoms with E-state index in [-0.39, 0.29) is 24.5 Å². The second kappa shape index (κ2) is 12.9. The van der Waals surface area contributed by atoms with Gasteiger partial charge >= 0.3 is 0 Å². The summed E-state index contributed by atoms with van der Waals surface area (Å²) >= 11 is 0. The molecule has 0 saturated carbocycles. The molecule has 0 aliphatic heterocycles. The molecule has 0 saturated heterocycles. The molecule has 0 aliphatic carbocycles. The highest BCUT2D eigenvalue weighted by molar-refractivity contribution is 5.46. The summed E-state index contributed by atoms with van der Waals surface area (Å²) in [5.41, 5.74) is 2.08. The number of aliphatic hydroxyl groups excluding tert-OH is 1. The van der Waals surface area contributed by atoms with E-state index in [0.717, 1.165) is 12.0 Å². The molecule has 0 bridgehead atoms. The molecule has 0 unspecified atom stereocenters. The monoisotopic (exact) mass is 374 g/mol. The number of rotatable bonds is 6. The zero-order chi connectivity index (χ0) is 20.1. The van der Waals surface area contributed by atoms with Gasteiger partial charge in [0.05, 0.1) is 12.2 Å². The first-order valence-corrected chi connectivity index (χ1v) is 9.39. The van der Waals surface area contributed by atoms with E-state index >= 15 is 0 Å². The molecule has 0 atom stereocenters. The average Bonchev–Trinajstić information content (AvgIpc) is 2.67. The molecule has 1 N–H and O–H groups in total. The van der Waals surface area contributed by atoms with E-state index in [2.05, 4.69) is 18.8 Å². The highest BCUT2D eigenvalue weighted by Crippen LogP contribution is 2.22. The van der Waals surface area contributed by atoms with Crippen LogP contribution in [0.25, 0.3) is 0 Å². The summed E-state index contributed by atoms with van der Waals surface area (Å²) in [6, 6.07) is 10.7. The molecule has 27 heavy (non-hydrogen) atoms. The fourth-order valence-corrected chi connectivity index (χ4v) is 2.37. The number of aliphatic hydroxyl groups is 1. The van der Waals surface area contributed by atoms with Gasteiger partial charge in [0.1, 0.15) is 0 Å². The van der Waals surface area contributed by atoms with Crippen molar-refractivity contribution in [2.24, 2.45) is 0 Å². The van der Waals surface area contributed by atoms with Crippen LogP contribution in [0.15, 0.2) is 36.4 Å². The molecule has 2 aromatic rings. The van der Waals surface area contributed by atoms with Crippen molar-refractivity contribution in [3.8, 4) is 17.6 Å². The van der Waals surface area contributed by atoms with Gasteiger partial charge in [-0.1, -0.05) is 43.7 Å². The van der Waals surface area contributed by atoms with E-state index < -0.39 is 11.6 Å². The molecule has 0 heterocycles. The molecule has 0 fully saturated rings. The van der Waals surface area contributed by atoms with E-state index in [1.165, 1.54) is 37.0 Å². The van der Waals surface area contributed by atoms with Gasteiger partial charge in [-0.25, -0.2) is 4.39 Å². The third-order valence-electron chi connectivity index (χ3n) is 3.71. The lowest BCUT2D eigenvalue weighted by Crippen LogP contribution is -1.98. The predicted molar refractivity (Wildman–Crippen MR) is 106 cm³/mol. The molecule has 0 aliphatic rings. The molecule has 2 nitrogen and oxygen atoms in total. The first kappa shape index (κ1) is 22.7. The van der Waals surface area contributed by atoms with Gasteiger partial charge in [-0.15, -0.1) is 0 Å². The van der Waals surface area contributed by atoms with Gasteiger partial charge in [0, 0.05) is 12.2 Å². The molecule has 4 heteroatoms. The molecular formula is C23H28F2O2. The lowest BCUT2D eigenvalue weighted by Gasteiger charge is -2.05. The number of hydrogen-bond acceptors (Lipinski definition) is 2. The van der Waals surface area contributed by atoms with Crippen molar-refractivity contribution in [1.29, 1.82) is 0 Å². The Hall–Kier alpha value is -2.38. The zero-order valence-electron chi connectivity index (χ0n) is 16.3. The van der Waals surface area contributed by atoms with Gasteiger partial charge in [-0.05, 0) is 56.5 Å². The van der Waals surface area contributed by atoms with Crippen molar-refractivity contribution >= 4 is 0 Å². The fraction of sp³-hybridized carbons (Fsp3) is 0.391. The second-order valence-electron chi connectivity index (χ2n) is 5.89. The van der Waals surface area contributed by atoms with Crippen LogP contribution in [0, 0.1) is 23.5 Å². The van der Waals surface area contributed by atoms with Crippen LogP contribution >= 0.6 is 0 Å². The predicted octanol–water partition coefficient (Wildman–Crippen LogP) is 5.49. The first-order valence-electron chi connectivity index (χ1n) is 9.39. The molecule has 2 aromatic carbocycles.